The van der Waals surface area contributed by atoms with Crippen LogP contribution in [-0.2, 0) is 23.9 Å². The van der Waals surface area contributed by atoms with Gasteiger partial charge in [-0.15, -0.1) is 0 Å². The molecule has 2 fully saturated rings. The van der Waals surface area contributed by atoms with Crippen LogP contribution in [0.1, 0.15) is 39.0 Å². The van der Waals surface area contributed by atoms with E-state index < -0.39 is 35.0 Å². The zero-order valence-electron chi connectivity index (χ0n) is 22.0. The van der Waals surface area contributed by atoms with Crippen LogP contribution in [0.2, 0.25) is 0 Å². The first-order chi connectivity index (χ1) is 18.4. The average molecular weight is 525 g/mol. The topological polar surface area (TPSA) is 106 Å². The van der Waals surface area contributed by atoms with Gasteiger partial charge in [-0.1, -0.05) is 38.0 Å². The summed E-state index contributed by atoms with van der Waals surface area (Å²) in [5, 5.41) is 9.13. The smallest absolute Gasteiger partial charge is 0.313 e. The van der Waals surface area contributed by atoms with Gasteiger partial charge in [0, 0.05) is 25.4 Å². The fourth-order valence-electron chi connectivity index (χ4n) is 6.58. The Morgan fingerprint density at radius 2 is 1.76 bits per heavy atom. The molecule has 1 unspecified atom stereocenters. The summed E-state index contributed by atoms with van der Waals surface area (Å²) in [7, 11) is 1.59. The molecule has 4 aliphatic heterocycles. The van der Waals surface area contributed by atoms with Gasteiger partial charge < -0.3 is 29.1 Å². The third-order valence-electron chi connectivity index (χ3n) is 8.39. The van der Waals surface area contributed by atoms with Crippen molar-refractivity contribution in [2.75, 3.05) is 38.3 Å². The number of carbonyl (C=O) groups is 3. The molecule has 1 N–H and O–H groups in total. The Hall–Kier alpha value is -3.17. The molecule has 5 rings (SSSR count). The van der Waals surface area contributed by atoms with Crippen LogP contribution in [0.25, 0.3) is 0 Å². The number of likely N-dealkylation sites (tertiary alicyclic amines) is 1. The zero-order valence-corrected chi connectivity index (χ0v) is 22.0. The molecule has 4 heterocycles. The molecule has 9 nitrogen and oxygen atoms in total. The number of unbranched alkanes of at least 4 members (excludes halogenated alkanes) is 3. The van der Waals surface area contributed by atoms with E-state index in [1.54, 1.807) is 35.1 Å². The van der Waals surface area contributed by atoms with Crippen molar-refractivity contribution in [1.29, 1.82) is 0 Å². The summed E-state index contributed by atoms with van der Waals surface area (Å²) >= 11 is 0. The first-order valence-electron chi connectivity index (χ1n) is 13.5. The van der Waals surface area contributed by atoms with Crippen molar-refractivity contribution >= 4 is 23.5 Å². The predicted molar refractivity (Wildman–Crippen MR) is 139 cm³/mol. The molecule has 1 spiro atoms. The number of hydrogen-bond acceptors (Lipinski definition) is 7. The van der Waals surface area contributed by atoms with Gasteiger partial charge in [0.25, 0.3) is 5.91 Å². The minimum atomic E-state index is -1.29. The number of rotatable bonds is 9. The normalized spacial score (nSPS) is 32.0. The summed E-state index contributed by atoms with van der Waals surface area (Å²) in [6.45, 7) is 2.86. The van der Waals surface area contributed by atoms with Crippen LogP contribution in [0.5, 0.6) is 5.75 Å². The third kappa shape index (κ3) is 4.12. The lowest BCUT2D eigenvalue weighted by Gasteiger charge is -2.38. The highest BCUT2D eigenvalue weighted by molar-refractivity contribution is 6.05. The molecule has 1 aromatic rings. The zero-order chi connectivity index (χ0) is 26.9. The Morgan fingerprint density at radius 1 is 1.00 bits per heavy atom. The second-order valence-electron chi connectivity index (χ2n) is 10.4. The van der Waals surface area contributed by atoms with E-state index in [1.807, 2.05) is 37.3 Å². The summed E-state index contributed by atoms with van der Waals surface area (Å²) in [5.41, 5.74) is -1.63. The van der Waals surface area contributed by atoms with Gasteiger partial charge in [-0.25, -0.2) is 0 Å². The summed E-state index contributed by atoms with van der Waals surface area (Å²) in [4.78, 5) is 45.1. The van der Waals surface area contributed by atoms with Crippen LogP contribution in [-0.4, -0.2) is 78.4 Å². The summed E-state index contributed by atoms with van der Waals surface area (Å²) in [5.74, 6) is -1.99. The van der Waals surface area contributed by atoms with E-state index in [2.05, 4.69) is 0 Å². The quantitative estimate of drug-likeness (QED) is 0.301. The number of aliphatic hydroxyl groups excluding tert-OH is 1. The molecule has 0 bridgehead atoms. The van der Waals surface area contributed by atoms with Crippen LogP contribution in [0, 0.1) is 11.8 Å². The van der Waals surface area contributed by atoms with Crippen molar-refractivity contribution in [3.05, 3.63) is 48.6 Å². The van der Waals surface area contributed by atoms with E-state index >= 15 is 0 Å². The van der Waals surface area contributed by atoms with E-state index in [9.17, 15) is 14.4 Å². The molecule has 0 aliphatic carbocycles. The van der Waals surface area contributed by atoms with E-state index in [0.717, 1.165) is 12.8 Å². The first-order valence-corrected chi connectivity index (χ1v) is 13.5. The molecule has 5 atom stereocenters. The highest BCUT2D eigenvalue weighted by Gasteiger charge is 2.75. The number of hydrogen-bond donors (Lipinski definition) is 1. The highest BCUT2D eigenvalue weighted by atomic mass is 16.6. The van der Waals surface area contributed by atoms with Gasteiger partial charge in [-0.3, -0.25) is 14.4 Å². The number of ether oxygens (including phenoxy) is 3. The van der Waals surface area contributed by atoms with Gasteiger partial charge in [0.1, 0.15) is 35.5 Å². The fraction of sp³-hybridized carbons (Fsp3) is 0.552. The molecule has 1 aromatic carbocycles. The average Bonchev–Trinajstić information content (AvgIpc) is 3.20. The molecular weight excluding hydrogens is 488 g/mol. The Morgan fingerprint density at radius 3 is 2.47 bits per heavy atom. The third-order valence-corrected chi connectivity index (χ3v) is 8.39. The SMILES string of the molecule is CC[C@]12C=CCOC(=O)[C@H]1[C@H]1C(=O)N(CCCCCCO)C3C(=O)N(c4ccc(OC)cc4)CC=C[C@@]31O2. The number of aliphatic hydroxyl groups is 1. The second kappa shape index (κ2) is 10.5. The summed E-state index contributed by atoms with van der Waals surface area (Å²) in [6.07, 6.45) is 10.8. The Bertz CT molecular complexity index is 1130. The van der Waals surface area contributed by atoms with Crippen molar-refractivity contribution in [1.82, 2.24) is 4.90 Å². The maximum absolute atomic E-state index is 14.4. The molecule has 0 radical (unpaired) electrons. The molecule has 0 aromatic heterocycles. The van der Waals surface area contributed by atoms with E-state index in [0.29, 0.717) is 43.8 Å². The Balaban J connectivity index is 1.56. The largest absolute Gasteiger partial charge is 0.497 e. The number of carbonyl (C=O) groups excluding carboxylic acids is 3. The van der Waals surface area contributed by atoms with Crippen molar-refractivity contribution in [3.8, 4) is 5.75 Å². The molecule has 2 amide bonds. The molecule has 38 heavy (non-hydrogen) atoms. The predicted octanol–water partition coefficient (Wildman–Crippen LogP) is 2.62. The van der Waals surface area contributed by atoms with Crippen LogP contribution in [0.15, 0.2) is 48.6 Å². The fourth-order valence-corrected chi connectivity index (χ4v) is 6.58. The lowest BCUT2D eigenvalue weighted by Crippen LogP contribution is -2.56. The summed E-state index contributed by atoms with van der Waals surface area (Å²) < 4.78 is 17.6. The maximum atomic E-state index is 14.4. The molecule has 2 saturated heterocycles. The van der Waals surface area contributed by atoms with Gasteiger partial charge in [0.15, 0.2) is 0 Å². The van der Waals surface area contributed by atoms with E-state index in [-0.39, 0.29) is 25.0 Å². The molecular formula is C29H36N2O7. The molecule has 204 valence electrons. The van der Waals surface area contributed by atoms with Gasteiger partial charge in [-0.2, -0.15) is 0 Å². The van der Waals surface area contributed by atoms with Crippen molar-refractivity contribution in [2.45, 2.75) is 56.3 Å². The van der Waals surface area contributed by atoms with Gasteiger partial charge in [0.2, 0.25) is 5.91 Å². The lowest BCUT2D eigenvalue weighted by molar-refractivity contribution is -0.157. The first kappa shape index (κ1) is 26.4. The number of methoxy groups -OCH3 is 1. The Labute approximate surface area is 223 Å². The number of amides is 2. The molecule has 4 aliphatic rings. The van der Waals surface area contributed by atoms with Crippen LogP contribution >= 0.6 is 0 Å². The number of esters is 1. The maximum Gasteiger partial charge on any atom is 0.313 e. The van der Waals surface area contributed by atoms with E-state index in [4.69, 9.17) is 19.3 Å². The van der Waals surface area contributed by atoms with Crippen molar-refractivity contribution in [2.24, 2.45) is 11.8 Å². The van der Waals surface area contributed by atoms with Gasteiger partial charge in [-0.05, 0) is 49.6 Å². The van der Waals surface area contributed by atoms with Crippen LogP contribution < -0.4 is 9.64 Å². The number of nitrogens with zero attached hydrogens (tertiary/aromatic N) is 2. The monoisotopic (exact) mass is 524 g/mol. The van der Waals surface area contributed by atoms with Crippen molar-refractivity contribution < 1.29 is 33.7 Å². The van der Waals surface area contributed by atoms with Crippen LogP contribution in [0.4, 0.5) is 5.69 Å². The molecule has 9 heteroatoms. The molecule has 0 saturated carbocycles. The van der Waals surface area contributed by atoms with E-state index in [1.165, 1.54) is 0 Å². The standard InChI is InChI=1S/C29H36N2O7/c1-3-28-14-9-19-37-27(35)23(28)22-25(33)31(16-6-4-5-7-18-32)24-26(34)30(17-8-15-29(22,24)38-28)20-10-12-21(36-2)13-11-20/h8-15,22-24,32H,3-7,16-19H2,1-2H3/t22-,23+,24?,28-,29-/m0/s1. The number of benzene rings is 1. The van der Waals surface area contributed by atoms with Gasteiger partial charge in [0.05, 0.1) is 13.0 Å². The Kier molecular flexibility index (Phi) is 7.33. The van der Waals surface area contributed by atoms with Crippen LogP contribution in [0.3, 0.4) is 0 Å². The summed E-state index contributed by atoms with van der Waals surface area (Å²) in [6, 6.07) is 6.32. The number of cyclic esters (lactones) is 1. The van der Waals surface area contributed by atoms with Crippen molar-refractivity contribution in [3.63, 3.8) is 0 Å². The number of anilines is 1. The lowest BCUT2D eigenvalue weighted by atomic mass is 9.73. The van der Waals surface area contributed by atoms with Gasteiger partial charge >= 0.3 is 5.97 Å². The second-order valence-corrected chi connectivity index (χ2v) is 10.4. The minimum Gasteiger partial charge on any atom is -0.497 e. The highest BCUT2D eigenvalue weighted by Crippen LogP contribution is 2.58. The minimum absolute atomic E-state index is 0.126. The number of fused-ring (bicyclic) bond motifs is 2.